The number of rotatable bonds is 10. The van der Waals surface area contributed by atoms with Gasteiger partial charge in [-0.1, -0.05) is 30.3 Å². The van der Waals surface area contributed by atoms with E-state index < -0.39 is 6.10 Å². The Morgan fingerprint density at radius 3 is 2.41 bits per heavy atom. The van der Waals surface area contributed by atoms with Crippen LogP contribution in [0.3, 0.4) is 0 Å². The van der Waals surface area contributed by atoms with E-state index in [1.54, 1.807) is 14.2 Å². The smallest absolute Gasteiger partial charge is 0.191 e. The lowest BCUT2D eigenvalue weighted by atomic mass is 10.0. The minimum atomic E-state index is -0.645. The maximum absolute atomic E-state index is 10.6. The highest BCUT2D eigenvalue weighted by atomic mass is 16.5. The van der Waals surface area contributed by atoms with E-state index in [1.165, 1.54) is 12.8 Å². The van der Waals surface area contributed by atoms with E-state index in [0.29, 0.717) is 19.0 Å². The topological polar surface area (TPSA) is 78.4 Å². The maximum Gasteiger partial charge on any atom is 0.191 e. The van der Waals surface area contributed by atoms with Crippen LogP contribution in [0.4, 0.5) is 0 Å². The van der Waals surface area contributed by atoms with Crippen molar-refractivity contribution in [3.63, 3.8) is 0 Å². The zero-order valence-electron chi connectivity index (χ0n) is 19.4. The van der Waals surface area contributed by atoms with Gasteiger partial charge in [-0.2, -0.15) is 0 Å². The van der Waals surface area contributed by atoms with Crippen molar-refractivity contribution in [2.75, 3.05) is 46.9 Å². The van der Waals surface area contributed by atoms with Crippen LogP contribution >= 0.6 is 0 Å². The average molecular weight is 441 g/mol. The van der Waals surface area contributed by atoms with Crippen LogP contribution in [0.5, 0.6) is 11.5 Å². The summed E-state index contributed by atoms with van der Waals surface area (Å²) in [5.74, 6) is 2.36. The lowest BCUT2D eigenvalue weighted by Crippen LogP contribution is -2.40. The Labute approximate surface area is 191 Å². The number of nitrogens with one attached hydrogen (secondary N) is 2. The van der Waals surface area contributed by atoms with E-state index in [1.807, 2.05) is 43.3 Å². The van der Waals surface area contributed by atoms with Crippen LogP contribution in [0.15, 0.2) is 53.5 Å². The van der Waals surface area contributed by atoms with E-state index in [2.05, 4.69) is 27.7 Å². The molecule has 2 aromatic rings. The van der Waals surface area contributed by atoms with Gasteiger partial charge in [-0.05, 0) is 56.6 Å². The number of likely N-dealkylation sites (tertiary alicyclic amines) is 1. The molecule has 0 aromatic heterocycles. The van der Waals surface area contributed by atoms with Gasteiger partial charge in [0, 0.05) is 18.7 Å². The molecule has 1 aliphatic rings. The van der Waals surface area contributed by atoms with Gasteiger partial charge in [-0.15, -0.1) is 0 Å². The second kappa shape index (κ2) is 12.3. The van der Waals surface area contributed by atoms with Crippen LogP contribution in [-0.2, 0) is 0 Å². The fourth-order valence-corrected chi connectivity index (χ4v) is 4.06. The van der Waals surface area contributed by atoms with Crippen LogP contribution in [0.1, 0.15) is 43.0 Å². The molecular formula is C25H36N4O3. The number of aliphatic hydroxyl groups excluding tert-OH is 1. The summed E-state index contributed by atoms with van der Waals surface area (Å²) in [4.78, 5) is 7.35. The number of hydrogen-bond donors (Lipinski definition) is 3. The maximum atomic E-state index is 10.6. The molecule has 7 nitrogen and oxygen atoms in total. The monoisotopic (exact) mass is 440 g/mol. The number of guanidine groups is 1. The lowest BCUT2D eigenvalue weighted by molar-refractivity contribution is 0.180. The van der Waals surface area contributed by atoms with Crippen molar-refractivity contribution in [3.8, 4) is 11.5 Å². The molecule has 0 saturated carbocycles. The van der Waals surface area contributed by atoms with Crippen molar-refractivity contribution in [3.05, 3.63) is 59.7 Å². The minimum absolute atomic E-state index is 0.149. The predicted octanol–water partition coefficient (Wildman–Crippen LogP) is 3.13. The van der Waals surface area contributed by atoms with E-state index >= 15 is 0 Å². The highest BCUT2D eigenvalue weighted by molar-refractivity contribution is 5.79. The zero-order valence-corrected chi connectivity index (χ0v) is 19.4. The van der Waals surface area contributed by atoms with Gasteiger partial charge < -0.3 is 25.2 Å². The number of para-hydroxylation sites is 1. The van der Waals surface area contributed by atoms with Gasteiger partial charge in [-0.25, -0.2) is 0 Å². The molecule has 2 unspecified atom stereocenters. The van der Waals surface area contributed by atoms with Gasteiger partial charge >= 0.3 is 0 Å². The molecule has 0 radical (unpaired) electrons. The summed E-state index contributed by atoms with van der Waals surface area (Å²) in [6, 6.07) is 15.8. The van der Waals surface area contributed by atoms with Gasteiger partial charge in [0.05, 0.1) is 32.9 Å². The third-order valence-electron chi connectivity index (χ3n) is 5.81. The molecule has 0 amide bonds. The van der Waals surface area contributed by atoms with Crippen molar-refractivity contribution in [1.82, 2.24) is 15.5 Å². The fourth-order valence-electron chi connectivity index (χ4n) is 4.06. The summed E-state index contributed by atoms with van der Waals surface area (Å²) in [5.41, 5.74) is 1.99. The molecule has 1 aliphatic heterocycles. The fraction of sp³-hybridized carbons (Fsp3) is 0.480. The van der Waals surface area contributed by atoms with E-state index in [4.69, 9.17) is 14.5 Å². The first-order valence-electron chi connectivity index (χ1n) is 11.4. The van der Waals surface area contributed by atoms with Gasteiger partial charge in [0.25, 0.3) is 0 Å². The van der Waals surface area contributed by atoms with Crippen LogP contribution in [0.2, 0.25) is 0 Å². The predicted molar refractivity (Wildman–Crippen MR) is 128 cm³/mol. The molecule has 174 valence electrons. The minimum Gasteiger partial charge on any atom is -0.497 e. The van der Waals surface area contributed by atoms with Gasteiger partial charge in [-0.3, -0.25) is 9.89 Å². The first-order chi connectivity index (χ1) is 15.7. The van der Waals surface area contributed by atoms with Crippen LogP contribution in [-0.4, -0.2) is 62.9 Å². The molecule has 3 rings (SSSR count). The van der Waals surface area contributed by atoms with Gasteiger partial charge in [0.2, 0.25) is 0 Å². The summed E-state index contributed by atoms with van der Waals surface area (Å²) < 4.78 is 10.8. The standard InChI is InChI=1S/C25H36N4O3/c1-4-26-25(28-18-23(30)19-11-13-20(31-2)14-12-19)27-17-22(29-15-7-8-16-29)21-9-5-6-10-24(21)32-3/h5-6,9-14,22-23,30H,4,7-8,15-18H2,1-3H3,(H2,26,27,28). The average Bonchev–Trinajstić information content (AvgIpc) is 3.37. The molecule has 0 spiro atoms. The van der Waals surface area contributed by atoms with Crippen LogP contribution in [0, 0.1) is 0 Å². The SMILES string of the molecule is CCNC(=NCC(c1ccccc1OC)N1CCCC1)NCC(O)c1ccc(OC)cc1. The number of benzene rings is 2. The molecule has 1 heterocycles. The number of aliphatic hydroxyl groups is 1. The largest absolute Gasteiger partial charge is 0.497 e. The number of methoxy groups -OCH3 is 2. The first-order valence-corrected chi connectivity index (χ1v) is 11.4. The molecule has 0 aliphatic carbocycles. The van der Waals surface area contributed by atoms with E-state index in [0.717, 1.165) is 42.3 Å². The molecule has 3 N–H and O–H groups in total. The Bertz CT molecular complexity index is 851. The number of nitrogens with zero attached hydrogens (tertiary/aromatic N) is 2. The van der Waals surface area contributed by atoms with Crippen LogP contribution in [0.25, 0.3) is 0 Å². The Morgan fingerprint density at radius 2 is 1.75 bits per heavy atom. The summed E-state index contributed by atoms with van der Waals surface area (Å²) in [7, 11) is 3.35. The molecule has 32 heavy (non-hydrogen) atoms. The zero-order chi connectivity index (χ0) is 22.8. The second-order valence-electron chi connectivity index (χ2n) is 7.89. The highest BCUT2D eigenvalue weighted by Crippen LogP contribution is 2.31. The summed E-state index contributed by atoms with van der Waals surface area (Å²) in [5, 5.41) is 17.2. The summed E-state index contributed by atoms with van der Waals surface area (Å²) in [6.07, 6.45) is 1.78. The van der Waals surface area contributed by atoms with Gasteiger partial charge in [0.15, 0.2) is 5.96 Å². The Morgan fingerprint density at radius 1 is 1.03 bits per heavy atom. The quantitative estimate of drug-likeness (QED) is 0.389. The van der Waals surface area contributed by atoms with E-state index in [-0.39, 0.29) is 6.04 Å². The molecule has 1 fully saturated rings. The Kier molecular flexibility index (Phi) is 9.19. The van der Waals surface area contributed by atoms with Crippen molar-refractivity contribution in [2.45, 2.75) is 31.9 Å². The third-order valence-corrected chi connectivity index (χ3v) is 5.81. The third kappa shape index (κ3) is 6.37. The first kappa shape index (κ1) is 23.9. The molecule has 2 aromatic carbocycles. The number of ether oxygens (including phenoxy) is 2. The second-order valence-corrected chi connectivity index (χ2v) is 7.89. The summed E-state index contributed by atoms with van der Waals surface area (Å²) in [6.45, 7) is 5.88. The van der Waals surface area contributed by atoms with Crippen LogP contribution < -0.4 is 20.1 Å². The molecule has 1 saturated heterocycles. The Hall–Kier alpha value is -2.77. The molecule has 2 atom stereocenters. The van der Waals surface area contributed by atoms with Gasteiger partial charge in [0.1, 0.15) is 11.5 Å². The number of hydrogen-bond acceptors (Lipinski definition) is 5. The molecular weight excluding hydrogens is 404 g/mol. The normalized spacial score (nSPS) is 16.4. The van der Waals surface area contributed by atoms with Crippen molar-refractivity contribution < 1.29 is 14.6 Å². The lowest BCUT2D eigenvalue weighted by Gasteiger charge is -2.28. The van der Waals surface area contributed by atoms with Crippen molar-refractivity contribution in [2.24, 2.45) is 4.99 Å². The summed E-state index contributed by atoms with van der Waals surface area (Å²) >= 11 is 0. The van der Waals surface area contributed by atoms with Crippen molar-refractivity contribution >= 4 is 5.96 Å². The van der Waals surface area contributed by atoms with E-state index in [9.17, 15) is 5.11 Å². The van der Waals surface area contributed by atoms with Crippen molar-refractivity contribution in [1.29, 1.82) is 0 Å². The highest BCUT2D eigenvalue weighted by Gasteiger charge is 2.25. The number of aliphatic imine (C=N–C) groups is 1. The molecule has 7 heteroatoms. The Balaban J connectivity index is 1.70. The molecule has 0 bridgehead atoms.